The molecule has 0 aliphatic carbocycles. The number of aromatic nitrogens is 1. The number of urea groups is 1. The molecular weight excluding hydrogens is 450 g/mol. The third-order valence-electron chi connectivity index (χ3n) is 4.89. The number of aliphatic carboxylic acids is 1. The summed E-state index contributed by atoms with van der Waals surface area (Å²) in [4.78, 5) is 52.1. The molecule has 1 aromatic heterocycles. The minimum absolute atomic E-state index is 0.244. The number of nitrogens with zero attached hydrogens (tertiary/aromatic N) is 1. The Kier molecular flexibility index (Phi) is 8.89. The minimum Gasteiger partial charge on any atom is -0.481 e. The summed E-state index contributed by atoms with van der Waals surface area (Å²) < 4.78 is 0. The van der Waals surface area contributed by atoms with Crippen molar-refractivity contribution in [3.8, 4) is 0 Å². The summed E-state index contributed by atoms with van der Waals surface area (Å²) in [6, 6.07) is 17.8. The number of nitrogens with one attached hydrogen (secondary N) is 4. The highest BCUT2D eigenvalue weighted by molar-refractivity contribution is 5.98. The monoisotopic (exact) mass is 475 g/mol. The van der Waals surface area contributed by atoms with Gasteiger partial charge in [0.25, 0.3) is 5.91 Å². The number of pyridine rings is 1. The van der Waals surface area contributed by atoms with Gasteiger partial charge in [-0.25, -0.2) is 4.79 Å². The minimum atomic E-state index is -1.08. The second-order valence-electron chi connectivity index (χ2n) is 7.56. The average molecular weight is 476 g/mol. The van der Waals surface area contributed by atoms with Crippen LogP contribution in [0.2, 0.25) is 0 Å². The van der Waals surface area contributed by atoms with Gasteiger partial charge in [0, 0.05) is 30.2 Å². The normalized spacial score (nSPS) is 11.1. The molecular formula is C25H25N5O5. The first-order valence-electron chi connectivity index (χ1n) is 10.8. The van der Waals surface area contributed by atoms with Crippen molar-refractivity contribution in [3.05, 3.63) is 95.8 Å². The first kappa shape index (κ1) is 24.9. The van der Waals surface area contributed by atoms with Crippen molar-refractivity contribution >= 4 is 29.5 Å². The number of benzene rings is 2. The highest BCUT2D eigenvalue weighted by atomic mass is 16.4. The molecule has 0 saturated carbocycles. The van der Waals surface area contributed by atoms with E-state index >= 15 is 0 Å². The molecule has 0 bridgehead atoms. The average Bonchev–Trinajstić information content (AvgIpc) is 2.86. The molecule has 1 unspecified atom stereocenters. The predicted octanol–water partition coefficient (Wildman–Crippen LogP) is 2.47. The summed E-state index contributed by atoms with van der Waals surface area (Å²) in [6.45, 7) is -0.00564. The van der Waals surface area contributed by atoms with Crippen molar-refractivity contribution in [1.82, 2.24) is 20.9 Å². The Morgan fingerprint density at radius 3 is 2.43 bits per heavy atom. The van der Waals surface area contributed by atoms with Crippen LogP contribution >= 0.6 is 0 Å². The molecule has 0 radical (unpaired) electrons. The second kappa shape index (κ2) is 12.5. The lowest BCUT2D eigenvalue weighted by molar-refractivity contribution is -0.137. The lowest BCUT2D eigenvalue weighted by Gasteiger charge is -2.17. The summed E-state index contributed by atoms with van der Waals surface area (Å²) in [5, 5.41) is 19.6. The molecule has 2 aromatic carbocycles. The van der Waals surface area contributed by atoms with Crippen molar-refractivity contribution in [3.63, 3.8) is 0 Å². The van der Waals surface area contributed by atoms with Crippen LogP contribution in [0, 0.1) is 0 Å². The third kappa shape index (κ3) is 8.28. The zero-order valence-electron chi connectivity index (χ0n) is 18.7. The van der Waals surface area contributed by atoms with Gasteiger partial charge in [0.2, 0.25) is 5.91 Å². The molecule has 3 aromatic rings. The van der Waals surface area contributed by atoms with E-state index in [0.29, 0.717) is 17.8 Å². The molecule has 10 nitrogen and oxygen atoms in total. The van der Waals surface area contributed by atoms with Crippen LogP contribution < -0.4 is 21.3 Å². The maximum atomic E-state index is 12.5. The Bertz CT molecular complexity index is 1170. The van der Waals surface area contributed by atoms with Gasteiger partial charge in [-0.3, -0.25) is 19.4 Å². The standard InChI is InChI=1S/C25H25N5O5/c31-22(30-21(13-23(32)33)19-9-5-11-26-15-19)16-27-24(34)18-8-4-10-20(12-18)29-25(35)28-14-17-6-2-1-3-7-17/h1-12,15,21H,13-14,16H2,(H,27,34)(H,30,31)(H,32,33)(H2,28,29,35). The van der Waals surface area contributed by atoms with E-state index in [1.54, 1.807) is 36.5 Å². The molecule has 3 rings (SSSR count). The Morgan fingerprint density at radius 1 is 0.914 bits per heavy atom. The number of carbonyl (C=O) groups excluding carboxylic acids is 3. The molecule has 4 amide bonds. The van der Waals surface area contributed by atoms with Crippen molar-refractivity contribution in [2.75, 3.05) is 11.9 Å². The topological polar surface area (TPSA) is 150 Å². The Hall–Kier alpha value is -4.73. The Labute approximate surface area is 201 Å². The summed E-state index contributed by atoms with van der Waals surface area (Å²) in [6.07, 6.45) is 2.69. The number of carbonyl (C=O) groups is 4. The molecule has 0 fully saturated rings. The van der Waals surface area contributed by atoms with Crippen molar-refractivity contribution in [2.45, 2.75) is 19.0 Å². The number of amides is 4. The number of anilines is 1. The summed E-state index contributed by atoms with van der Waals surface area (Å²) in [5.41, 5.74) is 2.14. The Morgan fingerprint density at radius 2 is 1.71 bits per heavy atom. The van der Waals surface area contributed by atoms with E-state index < -0.39 is 29.9 Å². The molecule has 1 heterocycles. The molecule has 1 atom stereocenters. The van der Waals surface area contributed by atoms with E-state index in [1.807, 2.05) is 30.3 Å². The molecule has 0 aliphatic rings. The van der Waals surface area contributed by atoms with E-state index in [0.717, 1.165) is 5.56 Å². The van der Waals surface area contributed by atoms with E-state index in [2.05, 4.69) is 26.3 Å². The van der Waals surface area contributed by atoms with Crippen LogP contribution in [0.25, 0.3) is 0 Å². The van der Waals surface area contributed by atoms with Crippen molar-refractivity contribution < 1.29 is 24.3 Å². The Balaban J connectivity index is 1.51. The predicted molar refractivity (Wildman–Crippen MR) is 128 cm³/mol. The van der Waals surface area contributed by atoms with Crippen LogP contribution in [-0.2, 0) is 16.1 Å². The molecule has 0 saturated heterocycles. The van der Waals surface area contributed by atoms with Gasteiger partial charge in [-0.2, -0.15) is 0 Å². The fourth-order valence-corrected chi connectivity index (χ4v) is 3.21. The highest BCUT2D eigenvalue weighted by Gasteiger charge is 2.19. The summed E-state index contributed by atoms with van der Waals surface area (Å²) in [7, 11) is 0. The number of carboxylic acid groups (broad SMARTS) is 1. The largest absolute Gasteiger partial charge is 0.481 e. The SMILES string of the molecule is O=C(O)CC(NC(=O)CNC(=O)c1cccc(NC(=O)NCc2ccccc2)c1)c1cccnc1. The number of hydrogen-bond donors (Lipinski definition) is 5. The smallest absolute Gasteiger partial charge is 0.319 e. The van der Waals surface area contributed by atoms with Gasteiger partial charge in [0.15, 0.2) is 0 Å². The maximum Gasteiger partial charge on any atom is 0.319 e. The van der Waals surface area contributed by atoms with E-state index in [4.69, 9.17) is 5.11 Å². The van der Waals surface area contributed by atoms with Gasteiger partial charge in [0.05, 0.1) is 19.0 Å². The van der Waals surface area contributed by atoms with Crippen LogP contribution in [0.1, 0.15) is 33.9 Å². The van der Waals surface area contributed by atoms with Gasteiger partial charge >= 0.3 is 12.0 Å². The molecule has 35 heavy (non-hydrogen) atoms. The lowest BCUT2D eigenvalue weighted by Crippen LogP contribution is -2.39. The summed E-state index contributed by atoms with van der Waals surface area (Å²) in [5.74, 6) is -2.16. The second-order valence-corrected chi connectivity index (χ2v) is 7.56. The molecule has 180 valence electrons. The van der Waals surface area contributed by atoms with Crippen molar-refractivity contribution in [1.29, 1.82) is 0 Å². The zero-order chi connectivity index (χ0) is 25.0. The number of carboxylic acids is 1. The van der Waals surface area contributed by atoms with Crippen LogP contribution in [0.4, 0.5) is 10.5 Å². The van der Waals surface area contributed by atoms with Crippen molar-refractivity contribution in [2.24, 2.45) is 0 Å². The van der Waals surface area contributed by atoms with Gasteiger partial charge in [0.1, 0.15) is 0 Å². The van der Waals surface area contributed by atoms with E-state index in [1.165, 1.54) is 12.3 Å². The van der Waals surface area contributed by atoms with Crippen LogP contribution in [-0.4, -0.2) is 40.5 Å². The van der Waals surface area contributed by atoms with Gasteiger partial charge in [-0.05, 0) is 35.4 Å². The molecule has 0 aliphatic heterocycles. The highest BCUT2D eigenvalue weighted by Crippen LogP contribution is 2.15. The zero-order valence-corrected chi connectivity index (χ0v) is 18.7. The van der Waals surface area contributed by atoms with Crippen LogP contribution in [0.15, 0.2) is 79.1 Å². The molecule has 5 N–H and O–H groups in total. The first-order chi connectivity index (χ1) is 16.9. The summed E-state index contributed by atoms with van der Waals surface area (Å²) >= 11 is 0. The fraction of sp³-hybridized carbons (Fsp3) is 0.160. The third-order valence-corrected chi connectivity index (χ3v) is 4.89. The fourth-order valence-electron chi connectivity index (χ4n) is 3.21. The van der Waals surface area contributed by atoms with E-state index in [9.17, 15) is 19.2 Å². The van der Waals surface area contributed by atoms with Crippen LogP contribution in [0.5, 0.6) is 0 Å². The van der Waals surface area contributed by atoms with Gasteiger partial charge in [-0.1, -0.05) is 42.5 Å². The maximum absolute atomic E-state index is 12.5. The van der Waals surface area contributed by atoms with Gasteiger partial charge < -0.3 is 26.4 Å². The molecule has 0 spiro atoms. The van der Waals surface area contributed by atoms with Crippen LogP contribution in [0.3, 0.4) is 0 Å². The van der Waals surface area contributed by atoms with Gasteiger partial charge in [-0.15, -0.1) is 0 Å². The molecule has 10 heteroatoms. The quantitative estimate of drug-likeness (QED) is 0.304. The number of hydrogen-bond acceptors (Lipinski definition) is 5. The first-order valence-corrected chi connectivity index (χ1v) is 10.8. The number of rotatable bonds is 10. The van der Waals surface area contributed by atoms with E-state index in [-0.39, 0.29) is 18.5 Å². The lowest BCUT2D eigenvalue weighted by atomic mass is 10.1.